The van der Waals surface area contributed by atoms with Crippen LogP contribution in [0.5, 0.6) is 6.08 Å². The summed E-state index contributed by atoms with van der Waals surface area (Å²) in [5, 5.41) is 3.74. The van der Waals surface area contributed by atoms with Crippen LogP contribution in [0, 0.1) is 0 Å². The van der Waals surface area contributed by atoms with Crippen molar-refractivity contribution < 1.29 is 14.1 Å². The van der Waals surface area contributed by atoms with Gasteiger partial charge in [-0.2, -0.15) is 4.98 Å². The molecule has 1 aromatic heterocycles. The highest BCUT2D eigenvalue weighted by atomic mass is 16.6. The first-order chi connectivity index (χ1) is 8.08. The Hall–Kier alpha value is -1.59. The molecular weight excluding hydrogens is 222 g/mol. The molecule has 0 N–H and O–H groups in total. The molecule has 0 unspecified atom stereocenters. The van der Waals surface area contributed by atoms with Gasteiger partial charge in [0.15, 0.2) is 12.4 Å². The van der Waals surface area contributed by atoms with Crippen molar-refractivity contribution in [2.75, 3.05) is 19.7 Å². The van der Waals surface area contributed by atoms with E-state index in [1.807, 2.05) is 27.7 Å². The zero-order valence-electron chi connectivity index (χ0n) is 10.8. The number of nitrogens with zero attached hydrogens (tertiary/aromatic N) is 3. The Kier molecular flexibility index (Phi) is 4.93. The Morgan fingerprint density at radius 2 is 2.06 bits per heavy atom. The number of likely N-dealkylation sites (N-methyl/N-ethyl adjacent to an activating group) is 1. The molecule has 0 radical (unpaired) electrons. The topological polar surface area (TPSA) is 68.5 Å². The van der Waals surface area contributed by atoms with Gasteiger partial charge in [-0.3, -0.25) is 9.32 Å². The molecule has 1 heterocycles. The van der Waals surface area contributed by atoms with E-state index >= 15 is 0 Å². The third kappa shape index (κ3) is 3.72. The minimum Gasteiger partial charge on any atom is -0.439 e. The number of amides is 1. The average Bonchev–Trinajstić information content (AvgIpc) is 2.76. The van der Waals surface area contributed by atoms with E-state index in [9.17, 15) is 4.79 Å². The van der Waals surface area contributed by atoms with E-state index in [-0.39, 0.29) is 24.5 Å². The van der Waals surface area contributed by atoms with Gasteiger partial charge in [0, 0.05) is 19.0 Å². The minimum atomic E-state index is -0.0840. The quantitative estimate of drug-likeness (QED) is 0.753. The zero-order valence-corrected chi connectivity index (χ0v) is 10.8. The second-order valence-electron chi connectivity index (χ2n) is 3.93. The van der Waals surface area contributed by atoms with Crippen molar-refractivity contribution in [1.29, 1.82) is 0 Å². The summed E-state index contributed by atoms with van der Waals surface area (Å²) >= 11 is 0. The van der Waals surface area contributed by atoms with Crippen molar-refractivity contribution >= 4 is 5.91 Å². The van der Waals surface area contributed by atoms with E-state index in [0.717, 1.165) is 0 Å². The molecule has 17 heavy (non-hydrogen) atoms. The monoisotopic (exact) mass is 241 g/mol. The van der Waals surface area contributed by atoms with E-state index in [2.05, 4.69) is 10.1 Å². The number of ether oxygens (including phenoxy) is 1. The van der Waals surface area contributed by atoms with Gasteiger partial charge in [0.2, 0.25) is 0 Å². The Labute approximate surface area is 101 Å². The first-order valence-corrected chi connectivity index (χ1v) is 5.82. The van der Waals surface area contributed by atoms with Gasteiger partial charge in [-0.25, -0.2) is 0 Å². The second-order valence-corrected chi connectivity index (χ2v) is 3.93. The molecule has 0 aliphatic heterocycles. The van der Waals surface area contributed by atoms with Crippen molar-refractivity contribution in [1.82, 2.24) is 15.0 Å². The average molecular weight is 241 g/mol. The highest BCUT2D eigenvalue weighted by Gasteiger charge is 2.14. The maximum absolute atomic E-state index is 11.6. The van der Waals surface area contributed by atoms with Crippen molar-refractivity contribution in [3.05, 3.63) is 5.82 Å². The van der Waals surface area contributed by atoms with Crippen molar-refractivity contribution in [2.24, 2.45) is 0 Å². The third-order valence-corrected chi connectivity index (χ3v) is 2.37. The Morgan fingerprint density at radius 1 is 1.41 bits per heavy atom. The number of aromatic nitrogens is 2. The van der Waals surface area contributed by atoms with E-state index in [1.165, 1.54) is 0 Å². The molecule has 0 aliphatic rings. The number of hydrogen-bond donors (Lipinski definition) is 0. The molecule has 1 amide bonds. The second kappa shape index (κ2) is 6.22. The van der Waals surface area contributed by atoms with Crippen LogP contribution in [-0.2, 0) is 4.79 Å². The van der Waals surface area contributed by atoms with E-state index in [4.69, 9.17) is 9.26 Å². The summed E-state index contributed by atoms with van der Waals surface area (Å²) < 4.78 is 10.0. The molecule has 0 spiro atoms. The standard InChI is InChI=1S/C11H19N3O3/c1-5-14(6-2)9(15)7-16-11-12-10(8(3)4)13-17-11/h8H,5-7H2,1-4H3. The van der Waals surface area contributed by atoms with Gasteiger partial charge in [-0.05, 0) is 13.8 Å². The molecule has 0 saturated carbocycles. The number of carbonyl (C=O) groups is 1. The van der Waals surface area contributed by atoms with Crippen LogP contribution in [-0.4, -0.2) is 40.6 Å². The molecule has 0 bridgehead atoms. The van der Waals surface area contributed by atoms with Crippen molar-refractivity contribution in [3.8, 4) is 6.08 Å². The normalized spacial score (nSPS) is 10.6. The lowest BCUT2D eigenvalue weighted by Gasteiger charge is -2.17. The maximum Gasteiger partial charge on any atom is 0.417 e. The lowest BCUT2D eigenvalue weighted by molar-refractivity contribution is -0.133. The van der Waals surface area contributed by atoms with E-state index in [1.54, 1.807) is 4.90 Å². The van der Waals surface area contributed by atoms with Crippen LogP contribution in [0.1, 0.15) is 39.4 Å². The predicted octanol–water partition coefficient (Wildman–Crippen LogP) is 1.44. The lowest BCUT2D eigenvalue weighted by Crippen LogP contribution is -2.34. The van der Waals surface area contributed by atoms with Gasteiger partial charge in [0.25, 0.3) is 5.91 Å². The number of rotatable bonds is 6. The maximum atomic E-state index is 11.6. The van der Waals surface area contributed by atoms with Crippen LogP contribution >= 0.6 is 0 Å². The van der Waals surface area contributed by atoms with Gasteiger partial charge in [0.1, 0.15) is 0 Å². The SMILES string of the molecule is CCN(CC)C(=O)COc1nc(C(C)C)no1. The van der Waals surface area contributed by atoms with Gasteiger partial charge in [0.05, 0.1) is 0 Å². The predicted molar refractivity (Wildman–Crippen MR) is 61.8 cm³/mol. The van der Waals surface area contributed by atoms with E-state index < -0.39 is 0 Å². The Morgan fingerprint density at radius 3 is 2.53 bits per heavy atom. The molecular formula is C11H19N3O3. The summed E-state index contributed by atoms with van der Waals surface area (Å²) in [4.78, 5) is 17.3. The zero-order chi connectivity index (χ0) is 12.8. The lowest BCUT2D eigenvalue weighted by atomic mass is 10.2. The van der Waals surface area contributed by atoms with Crippen molar-refractivity contribution in [2.45, 2.75) is 33.6 Å². The summed E-state index contributed by atoms with van der Waals surface area (Å²) in [7, 11) is 0. The summed E-state index contributed by atoms with van der Waals surface area (Å²) in [5.41, 5.74) is 0. The fourth-order valence-electron chi connectivity index (χ4n) is 1.30. The van der Waals surface area contributed by atoms with Crippen LogP contribution in [0.15, 0.2) is 4.52 Å². The summed E-state index contributed by atoms with van der Waals surface area (Å²) in [6.07, 6.45) is 0.0502. The Balaban J connectivity index is 2.47. The summed E-state index contributed by atoms with van der Waals surface area (Å²) in [5.74, 6) is 0.671. The summed E-state index contributed by atoms with van der Waals surface area (Å²) in [6.45, 7) is 9.02. The molecule has 6 nitrogen and oxygen atoms in total. The molecule has 6 heteroatoms. The number of hydrogen-bond acceptors (Lipinski definition) is 5. The first-order valence-electron chi connectivity index (χ1n) is 5.82. The van der Waals surface area contributed by atoms with Gasteiger partial charge >= 0.3 is 6.08 Å². The van der Waals surface area contributed by atoms with E-state index in [0.29, 0.717) is 18.9 Å². The summed E-state index contributed by atoms with van der Waals surface area (Å²) in [6, 6.07) is 0. The van der Waals surface area contributed by atoms with Crippen LogP contribution in [0.3, 0.4) is 0 Å². The molecule has 0 atom stereocenters. The first kappa shape index (κ1) is 13.5. The highest BCUT2D eigenvalue weighted by molar-refractivity contribution is 5.77. The van der Waals surface area contributed by atoms with Gasteiger partial charge in [-0.15, -0.1) is 0 Å². The third-order valence-electron chi connectivity index (χ3n) is 2.37. The largest absolute Gasteiger partial charge is 0.439 e. The molecule has 1 aromatic rings. The number of carbonyl (C=O) groups excluding carboxylic acids is 1. The molecule has 96 valence electrons. The van der Waals surface area contributed by atoms with Crippen LogP contribution < -0.4 is 4.74 Å². The smallest absolute Gasteiger partial charge is 0.417 e. The fourth-order valence-corrected chi connectivity index (χ4v) is 1.30. The molecule has 0 saturated heterocycles. The minimum absolute atomic E-state index is 0.0502. The highest BCUT2D eigenvalue weighted by Crippen LogP contribution is 2.13. The molecule has 0 fully saturated rings. The molecule has 1 rings (SSSR count). The Bertz CT molecular complexity index is 359. The van der Waals surface area contributed by atoms with Crippen LogP contribution in [0.25, 0.3) is 0 Å². The fraction of sp³-hybridized carbons (Fsp3) is 0.727. The molecule has 0 aliphatic carbocycles. The van der Waals surface area contributed by atoms with Crippen molar-refractivity contribution in [3.63, 3.8) is 0 Å². The van der Waals surface area contributed by atoms with Gasteiger partial charge < -0.3 is 9.64 Å². The van der Waals surface area contributed by atoms with Gasteiger partial charge in [-0.1, -0.05) is 19.0 Å². The molecule has 0 aromatic carbocycles. The van der Waals surface area contributed by atoms with Crippen LogP contribution in [0.4, 0.5) is 0 Å². The van der Waals surface area contributed by atoms with Crippen LogP contribution in [0.2, 0.25) is 0 Å².